The number of hydrogen-bond donors (Lipinski definition) is 1. The van der Waals surface area contributed by atoms with Crippen molar-refractivity contribution in [1.29, 1.82) is 0 Å². The highest BCUT2D eigenvalue weighted by molar-refractivity contribution is 5.92. The zero-order chi connectivity index (χ0) is 25.5. The molecule has 1 N–H and O–H groups in total. The molecule has 36 heavy (non-hydrogen) atoms. The molecular formula is C29H26N2O5. The largest absolute Gasteiger partial charge is 0.493 e. The van der Waals surface area contributed by atoms with E-state index in [-0.39, 0.29) is 5.75 Å². The van der Waals surface area contributed by atoms with Gasteiger partial charge in [0.2, 0.25) is 0 Å². The molecule has 0 aliphatic carbocycles. The number of carbonyl (C=O) groups excluding carboxylic acids is 2. The molecule has 0 saturated heterocycles. The van der Waals surface area contributed by atoms with E-state index in [0.29, 0.717) is 22.6 Å². The van der Waals surface area contributed by atoms with E-state index in [4.69, 9.17) is 14.2 Å². The lowest BCUT2D eigenvalue weighted by Crippen LogP contribution is -2.33. The van der Waals surface area contributed by atoms with Crippen LogP contribution in [0.3, 0.4) is 0 Å². The van der Waals surface area contributed by atoms with Gasteiger partial charge in [-0.15, -0.1) is 0 Å². The van der Waals surface area contributed by atoms with Crippen LogP contribution in [0.4, 0.5) is 0 Å². The third-order valence-electron chi connectivity index (χ3n) is 5.49. The van der Waals surface area contributed by atoms with Crippen molar-refractivity contribution < 1.29 is 23.8 Å². The highest BCUT2D eigenvalue weighted by Crippen LogP contribution is 2.29. The van der Waals surface area contributed by atoms with Crippen LogP contribution in [0.15, 0.2) is 90.0 Å². The summed E-state index contributed by atoms with van der Waals surface area (Å²) in [5, 5.41) is 5.98. The topological polar surface area (TPSA) is 86.2 Å². The van der Waals surface area contributed by atoms with Gasteiger partial charge in [0, 0.05) is 5.39 Å². The summed E-state index contributed by atoms with van der Waals surface area (Å²) >= 11 is 0. The van der Waals surface area contributed by atoms with Crippen LogP contribution in [0.1, 0.15) is 28.4 Å². The van der Waals surface area contributed by atoms with Gasteiger partial charge in [-0.25, -0.2) is 10.2 Å². The van der Waals surface area contributed by atoms with Crippen molar-refractivity contribution in [2.45, 2.75) is 20.0 Å². The number of fused-ring (bicyclic) bond motifs is 1. The zero-order valence-corrected chi connectivity index (χ0v) is 20.2. The summed E-state index contributed by atoms with van der Waals surface area (Å²) in [5.74, 6) is 0.386. The number of methoxy groups -OCH3 is 1. The molecule has 182 valence electrons. The lowest BCUT2D eigenvalue weighted by Gasteiger charge is -2.14. The Morgan fingerprint density at radius 2 is 1.64 bits per heavy atom. The molecule has 0 aliphatic rings. The summed E-state index contributed by atoms with van der Waals surface area (Å²) in [6.45, 7) is 3.60. The van der Waals surface area contributed by atoms with Gasteiger partial charge >= 0.3 is 5.97 Å². The van der Waals surface area contributed by atoms with Crippen LogP contribution in [-0.4, -0.2) is 31.3 Å². The fraction of sp³-hybridized carbons (Fsp3) is 0.138. The molecule has 0 fully saturated rings. The second kappa shape index (κ2) is 11.2. The highest BCUT2D eigenvalue weighted by atomic mass is 16.6. The second-order valence-electron chi connectivity index (χ2n) is 8.14. The number of ether oxygens (including phenoxy) is 3. The Hall–Kier alpha value is -4.65. The van der Waals surface area contributed by atoms with Crippen LogP contribution in [0.5, 0.6) is 17.2 Å². The molecular weight excluding hydrogens is 456 g/mol. The molecule has 0 bridgehead atoms. The van der Waals surface area contributed by atoms with Gasteiger partial charge in [-0.3, -0.25) is 4.79 Å². The maximum atomic E-state index is 12.5. The first-order valence-electron chi connectivity index (χ1n) is 11.4. The molecule has 0 aliphatic heterocycles. The molecule has 7 nitrogen and oxygen atoms in total. The van der Waals surface area contributed by atoms with Crippen LogP contribution in [-0.2, 0) is 4.79 Å². The number of hydrogen-bond acceptors (Lipinski definition) is 6. The molecule has 0 saturated carbocycles. The van der Waals surface area contributed by atoms with Crippen LogP contribution >= 0.6 is 0 Å². The van der Waals surface area contributed by atoms with Crippen LogP contribution in [0.25, 0.3) is 10.8 Å². The Morgan fingerprint density at radius 3 is 2.42 bits per heavy atom. The zero-order valence-electron chi connectivity index (χ0n) is 20.2. The first-order chi connectivity index (χ1) is 17.4. The summed E-state index contributed by atoms with van der Waals surface area (Å²) in [6, 6.07) is 25.6. The molecule has 0 heterocycles. The van der Waals surface area contributed by atoms with Gasteiger partial charge in [-0.05, 0) is 61.2 Å². The number of hydrazone groups is 1. The predicted molar refractivity (Wildman–Crippen MR) is 139 cm³/mol. The Bertz CT molecular complexity index is 1410. The van der Waals surface area contributed by atoms with E-state index in [0.717, 1.165) is 16.3 Å². The number of carbonyl (C=O) groups is 2. The minimum atomic E-state index is -0.758. The monoisotopic (exact) mass is 482 g/mol. The number of nitrogens with one attached hydrogen (secondary N) is 1. The molecule has 0 unspecified atom stereocenters. The van der Waals surface area contributed by atoms with Gasteiger partial charge in [-0.1, -0.05) is 54.1 Å². The number of aryl methyl sites for hydroxylation is 1. The van der Waals surface area contributed by atoms with Gasteiger partial charge in [0.05, 0.1) is 18.9 Å². The van der Waals surface area contributed by atoms with Crippen molar-refractivity contribution >= 4 is 28.9 Å². The van der Waals surface area contributed by atoms with E-state index in [9.17, 15) is 9.59 Å². The summed E-state index contributed by atoms with van der Waals surface area (Å²) in [6.07, 6.45) is 0.711. The van der Waals surface area contributed by atoms with Crippen molar-refractivity contribution in [3.05, 3.63) is 102 Å². The third-order valence-corrected chi connectivity index (χ3v) is 5.49. The Kier molecular flexibility index (Phi) is 7.60. The quantitative estimate of drug-likeness (QED) is 0.160. The van der Waals surface area contributed by atoms with Crippen LogP contribution in [0, 0.1) is 6.92 Å². The molecule has 7 heteroatoms. The van der Waals surface area contributed by atoms with Crippen molar-refractivity contribution in [1.82, 2.24) is 5.43 Å². The van der Waals surface area contributed by atoms with Crippen molar-refractivity contribution in [3.63, 3.8) is 0 Å². The molecule has 4 aromatic rings. The normalized spacial score (nSPS) is 11.8. The van der Waals surface area contributed by atoms with E-state index in [1.807, 2.05) is 61.5 Å². The number of rotatable bonds is 8. The molecule has 4 rings (SSSR count). The fourth-order valence-electron chi connectivity index (χ4n) is 3.50. The predicted octanol–water partition coefficient (Wildman–Crippen LogP) is 5.29. The molecule has 1 amide bonds. The molecule has 0 spiro atoms. The summed E-state index contributed by atoms with van der Waals surface area (Å²) < 4.78 is 16.7. The number of esters is 1. The minimum absolute atomic E-state index is 0.279. The summed E-state index contributed by atoms with van der Waals surface area (Å²) in [4.78, 5) is 24.9. The lowest BCUT2D eigenvalue weighted by molar-refractivity contribution is -0.127. The van der Waals surface area contributed by atoms with Gasteiger partial charge < -0.3 is 14.2 Å². The first kappa shape index (κ1) is 24.5. The molecule has 1 atom stereocenters. The highest BCUT2D eigenvalue weighted by Gasteiger charge is 2.16. The molecule has 0 aromatic heterocycles. The van der Waals surface area contributed by atoms with E-state index in [1.54, 1.807) is 37.3 Å². The average Bonchev–Trinajstić information content (AvgIpc) is 2.89. The van der Waals surface area contributed by atoms with Crippen molar-refractivity contribution in [2.24, 2.45) is 5.10 Å². The lowest BCUT2D eigenvalue weighted by atomic mass is 10.1. The van der Waals surface area contributed by atoms with E-state index < -0.39 is 18.0 Å². The maximum Gasteiger partial charge on any atom is 0.343 e. The van der Waals surface area contributed by atoms with Gasteiger partial charge in [0.25, 0.3) is 5.91 Å². The standard InChI is InChI=1S/C29H26N2O5/c1-19-11-14-23(15-12-19)29(33)36-26-16-13-21(17-27(26)34-3)18-30-31-28(32)20(2)35-25-10-6-8-22-7-4-5-9-24(22)25/h4-18,20H,1-3H3,(H,31,32)/b30-18-/t20-/m1/s1. The van der Waals surface area contributed by atoms with Gasteiger partial charge in [0.15, 0.2) is 17.6 Å². The number of nitrogens with zero attached hydrogens (tertiary/aromatic N) is 1. The van der Waals surface area contributed by atoms with E-state index >= 15 is 0 Å². The van der Waals surface area contributed by atoms with E-state index in [2.05, 4.69) is 10.5 Å². The van der Waals surface area contributed by atoms with E-state index in [1.165, 1.54) is 13.3 Å². The SMILES string of the molecule is COc1cc(/C=N\NC(=O)[C@@H](C)Oc2cccc3ccccc23)ccc1OC(=O)c1ccc(C)cc1. The Labute approximate surface area is 209 Å². The van der Waals surface area contributed by atoms with Crippen LogP contribution < -0.4 is 19.6 Å². The smallest absolute Gasteiger partial charge is 0.343 e. The van der Waals surface area contributed by atoms with Crippen molar-refractivity contribution in [3.8, 4) is 17.2 Å². The van der Waals surface area contributed by atoms with Crippen molar-refractivity contribution in [2.75, 3.05) is 7.11 Å². The first-order valence-corrected chi connectivity index (χ1v) is 11.4. The fourth-order valence-corrected chi connectivity index (χ4v) is 3.50. The van der Waals surface area contributed by atoms with Gasteiger partial charge in [-0.2, -0.15) is 5.10 Å². The number of amides is 1. The molecule has 0 radical (unpaired) electrons. The second-order valence-corrected chi connectivity index (χ2v) is 8.14. The average molecular weight is 483 g/mol. The summed E-state index contributed by atoms with van der Waals surface area (Å²) in [7, 11) is 1.48. The Morgan fingerprint density at radius 1 is 0.889 bits per heavy atom. The Balaban J connectivity index is 1.37. The third kappa shape index (κ3) is 5.88. The number of benzene rings is 4. The summed E-state index contributed by atoms with van der Waals surface area (Å²) in [5.41, 5.74) is 4.62. The molecule has 4 aromatic carbocycles. The van der Waals surface area contributed by atoms with Gasteiger partial charge in [0.1, 0.15) is 5.75 Å². The maximum absolute atomic E-state index is 12.5. The minimum Gasteiger partial charge on any atom is -0.493 e. The van der Waals surface area contributed by atoms with Crippen LogP contribution in [0.2, 0.25) is 0 Å².